The van der Waals surface area contributed by atoms with Gasteiger partial charge in [-0.15, -0.1) is 0 Å². The van der Waals surface area contributed by atoms with Gasteiger partial charge < -0.3 is 5.32 Å². The number of benzene rings is 1. The quantitative estimate of drug-likeness (QED) is 0.876. The highest BCUT2D eigenvalue weighted by atomic mass is 35.5. The molecule has 0 bridgehead atoms. The summed E-state index contributed by atoms with van der Waals surface area (Å²) < 4.78 is 24.8. The summed E-state index contributed by atoms with van der Waals surface area (Å²) in [5.74, 6) is 0.883. The average molecular weight is 288 g/mol. The van der Waals surface area contributed by atoms with Crippen molar-refractivity contribution < 1.29 is 8.42 Å². The lowest BCUT2D eigenvalue weighted by molar-refractivity contribution is 0.607. The Kier molecular flexibility index (Phi) is 3.77. The Labute approximate surface area is 111 Å². The summed E-state index contributed by atoms with van der Waals surface area (Å²) >= 11 is 6.18. The van der Waals surface area contributed by atoms with Crippen molar-refractivity contribution in [2.24, 2.45) is 4.99 Å². The number of rotatable bonds is 4. The molecule has 0 aromatic heterocycles. The molecule has 0 spiro atoms. The van der Waals surface area contributed by atoms with E-state index in [0.717, 1.165) is 30.7 Å². The first-order valence-electron chi connectivity index (χ1n) is 5.48. The molecule has 0 amide bonds. The van der Waals surface area contributed by atoms with Crippen molar-refractivity contribution in [1.29, 1.82) is 0 Å². The molecular formula is C11H14ClN3O2S. The molecule has 0 saturated heterocycles. The monoisotopic (exact) mass is 287 g/mol. The predicted molar refractivity (Wildman–Crippen MR) is 73.9 cm³/mol. The number of amidine groups is 1. The van der Waals surface area contributed by atoms with E-state index in [1.165, 1.54) is 0 Å². The number of halogens is 1. The van der Waals surface area contributed by atoms with Crippen LogP contribution in [0.3, 0.4) is 0 Å². The Balaban J connectivity index is 2.24. The van der Waals surface area contributed by atoms with Crippen LogP contribution >= 0.6 is 11.6 Å². The van der Waals surface area contributed by atoms with E-state index in [1.807, 2.05) is 6.07 Å². The highest BCUT2D eigenvalue weighted by Crippen LogP contribution is 2.27. The molecule has 2 rings (SSSR count). The number of hydrogen-bond donors (Lipinski definition) is 2. The van der Waals surface area contributed by atoms with Crippen LogP contribution in [0.1, 0.15) is 5.56 Å². The molecule has 0 unspecified atom stereocenters. The second-order valence-corrected chi connectivity index (χ2v) is 6.21. The number of sulfonamides is 1. The molecule has 0 radical (unpaired) electrons. The molecule has 1 aliphatic heterocycles. The fourth-order valence-electron chi connectivity index (χ4n) is 1.74. The Morgan fingerprint density at radius 1 is 1.50 bits per heavy atom. The highest BCUT2D eigenvalue weighted by Gasteiger charge is 2.13. The highest BCUT2D eigenvalue weighted by molar-refractivity contribution is 7.92. The molecule has 0 saturated carbocycles. The van der Waals surface area contributed by atoms with Crippen LogP contribution in [-0.4, -0.2) is 33.6 Å². The van der Waals surface area contributed by atoms with E-state index in [-0.39, 0.29) is 0 Å². The minimum atomic E-state index is -3.32. The van der Waals surface area contributed by atoms with E-state index in [2.05, 4.69) is 15.0 Å². The van der Waals surface area contributed by atoms with Crippen molar-refractivity contribution in [2.45, 2.75) is 6.42 Å². The van der Waals surface area contributed by atoms with Crippen LogP contribution in [0.4, 0.5) is 5.69 Å². The fraction of sp³-hybridized carbons (Fsp3) is 0.364. The van der Waals surface area contributed by atoms with Crippen molar-refractivity contribution >= 4 is 33.1 Å². The van der Waals surface area contributed by atoms with Crippen LogP contribution in [0, 0.1) is 0 Å². The van der Waals surface area contributed by atoms with Crippen LogP contribution < -0.4 is 10.0 Å². The molecular weight excluding hydrogens is 274 g/mol. The maximum Gasteiger partial charge on any atom is 0.229 e. The molecule has 1 aromatic carbocycles. The Bertz CT molecular complexity index is 584. The summed E-state index contributed by atoms with van der Waals surface area (Å²) in [4.78, 5) is 4.28. The lowest BCUT2D eigenvalue weighted by Crippen LogP contribution is -2.20. The molecule has 1 aromatic rings. The minimum Gasteiger partial charge on any atom is -0.372 e. The average Bonchev–Trinajstić information content (AvgIpc) is 2.75. The van der Waals surface area contributed by atoms with Gasteiger partial charge in [0.05, 0.1) is 23.5 Å². The van der Waals surface area contributed by atoms with Gasteiger partial charge in [0.2, 0.25) is 10.0 Å². The van der Waals surface area contributed by atoms with E-state index in [4.69, 9.17) is 11.6 Å². The maximum atomic E-state index is 11.2. The molecule has 1 heterocycles. The molecule has 98 valence electrons. The second kappa shape index (κ2) is 5.16. The lowest BCUT2D eigenvalue weighted by Gasteiger charge is -2.10. The number of anilines is 1. The van der Waals surface area contributed by atoms with Crippen molar-refractivity contribution in [1.82, 2.24) is 5.32 Å². The Morgan fingerprint density at radius 3 is 2.89 bits per heavy atom. The molecule has 0 fully saturated rings. The number of nitrogens with one attached hydrogen (secondary N) is 2. The largest absolute Gasteiger partial charge is 0.372 e. The van der Waals surface area contributed by atoms with Crippen LogP contribution in [0.25, 0.3) is 0 Å². The van der Waals surface area contributed by atoms with Gasteiger partial charge in [-0.3, -0.25) is 9.71 Å². The van der Waals surface area contributed by atoms with E-state index in [1.54, 1.807) is 12.1 Å². The number of nitrogens with zero attached hydrogens (tertiary/aromatic N) is 1. The van der Waals surface area contributed by atoms with Gasteiger partial charge >= 0.3 is 0 Å². The summed E-state index contributed by atoms with van der Waals surface area (Å²) in [5.41, 5.74) is 1.24. The minimum absolute atomic E-state index is 0.398. The number of aliphatic imine (C=N–C) groups is 1. The summed E-state index contributed by atoms with van der Waals surface area (Å²) in [6.45, 7) is 1.61. The summed E-state index contributed by atoms with van der Waals surface area (Å²) in [7, 11) is -3.32. The van der Waals surface area contributed by atoms with Gasteiger partial charge in [0.15, 0.2) is 0 Å². The maximum absolute atomic E-state index is 11.2. The van der Waals surface area contributed by atoms with E-state index in [9.17, 15) is 8.42 Å². The molecule has 5 nitrogen and oxygen atoms in total. The second-order valence-electron chi connectivity index (χ2n) is 4.08. The van der Waals surface area contributed by atoms with Crippen LogP contribution in [0.2, 0.25) is 5.02 Å². The SMILES string of the molecule is CS(=O)(=O)Nc1cccc(CC2=NCCN2)c1Cl. The smallest absolute Gasteiger partial charge is 0.229 e. The zero-order chi connectivity index (χ0) is 13.2. The van der Waals surface area contributed by atoms with Gasteiger partial charge in [-0.25, -0.2) is 8.42 Å². The van der Waals surface area contributed by atoms with Crippen molar-refractivity contribution in [2.75, 3.05) is 24.1 Å². The van der Waals surface area contributed by atoms with E-state index in [0.29, 0.717) is 17.1 Å². The van der Waals surface area contributed by atoms with Crippen LogP contribution in [-0.2, 0) is 16.4 Å². The van der Waals surface area contributed by atoms with Crippen LogP contribution in [0.5, 0.6) is 0 Å². The van der Waals surface area contributed by atoms with Gasteiger partial charge in [0, 0.05) is 13.0 Å². The Hall–Kier alpha value is -1.27. The number of hydrogen-bond acceptors (Lipinski definition) is 4. The zero-order valence-electron chi connectivity index (χ0n) is 9.90. The summed E-state index contributed by atoms with van der Waals surface area (Å²) in [6, 6.07) is 5.26. The predicted octanol–water partition coefficient (Wildman–Crippen LogP) is 1.26. The molecule has 0 aliphatic carbocycles. The van der Waals surface area contributed by atoms with Gasteiger partial charge in [0.25, 0.3) is 0 Å². The zero-order valence-corrected chi connectivity index (χ0v) is 11.5. The van der Waals surface area contributed by atoms with Gasteiger partial charge in [-0.2, -0.15) is 0 Å². The van der Waals surface area contributed by atoms with Crippen LogP contribution in [0.15, 0.2) is 23.2 Å². The van der Waals surface area contributed by atoms with Crippen molar-refractivity contribution in [3.63, 3.8) is 0 Å². The fourth-order valence-corrected chi connectivity index (χ4v) is 2.61. The third-order valence-corrected chi connectivity index (χ3v) is 3.51. The molecule has 18 heavy (non-hydrogen) atoms. The standard InChI is InChI=1S/C11H14ClN3O2S/c1-18(16,17)15-9-4-2-3-8(11(9)12)7-10-13-5-6-14-10/h2-4,15H,5-7H2,1H3,(H,13,14). The molecule has 7 heteroatoms. The summed E-state index contributed by atoms with van der Waals surface area (Å²) in [6.07, 6.45) is 1.68. The first kappa shape index (κ1) is 13.2. The van der Waals surface area contributed by atoms with Gasteiger partial charge in [-0.1, -0.05) is 23.7 Å². The van der Waals surface area contributed by atoms with Crippen molar-refractivity contribution in [3.8, 4) is 0 Å². The van der Waals surface area contributed by atoms with Crippen molar-refractivity contribution in [3.05, 3.63) is 28.8 Å². The van der Waals surface area contributed by atoms with Gasteiger partial charge in [0.1, 0.15) is 5.84 Å². The Morgan fingerprint density at radius 2 is 2.28 bits per heavy atom. The third-order valence-electron chi connectivity index (χ3n) is 2.48. The third kappa shape index (κ3) is 3.36. The summed E-state index contributed by atoms with van der Waals surface area (Å²) in [5, 5.41) is 3.57. The first-order valence-corrected chi connectivity index (χ1v) is 7.75. The first-order chi connectivity index (χ1) is 8.46. The van der Waals surface area contributed by atoms with E-state index >= 15 is 0 Å². The lowest BCUT2D eigenvalue weighted by atomic mass is 10.1. The molecule has 2 N–H and O–H groups in total. The van der Waals surface area contributed by atoms with Gasteiger partial charge in [-0.05, 0) is 11.6 Å². The van der Waals surface area contributed by atoms with E-state index < -0.39 is 10.0 Å². The normalized spacial score (nSPS) is 15.1. The molecule has 1 aliphatic rings. The topological polar surface area (TPSA) is 70.6 Å². The molecule has 0 atom stereocenters.